The van der Waals surface area contributed by atoms with Crippen LogP contribution in [-0.4, -0.2) is 32.5 Å². The summed E-state index contributed by atoms with van der Waals surface area (Å²) in [7, 11) is 0. The van der Waals surface area contributed by atoms with Gasteiger partial charge in [0.25, 0.3) is 5.56 Å². The van der Waals surface area contributed by atoms with E-state index in [9.17, 15) is 19.5 Å². The van der Waals surface area contributed by atoms with Crippen molar-refractivity contribution in [3.8, 4) is 17.1 Å². The molecule has 8 heteroatoms. The fourth-order valence-corrected chi connectivity index (χ4v) is 4.77. The number of nitrogens with two attached hydrogens (primary N) is 1. The highest BCUT2D eigenvalue weighted by Crippen LogP contribution is 2.39. The summed E-state index contributed by atoms with van der Waals surface area (Å²) in [6.45, 7) is 7.84. The first-order valence-corrected chi connectivity index (χ1v) is 11.7. The molecule has 2 aliphatic rings. The predicted molar refractivity (Wildman–Crippen MR) is 129 cm³/mol. The molecule has 5 rings (SSSR count). The minimum atomic E-state index is -0.858. The zero-order valence-electron chi connectivity index (χ0n) is 19.8. The lowest BCUT2D eigenvalue weighted by Gasteiger charge is -2.25. The maximum Gasteiger partial charge on any atom is 0.314 e. The maximum atomic E-state index is 13.4. The van der Waals surface area contributed by atoms with Crippen LogP contribution in [-0.2, 0) is 33.9 Å². The number of carbonyl (C=O) groups is 2. The number of hydrogen-bond donors (Lipinski definition) is 2. The van der Waals surface area contributed by atoms with E-state index in [1.165, 1.54) is 0 Å². The van der Waals surface area contributed by atoms with E-state index in [1.54, 1.807) is 35.8 Å². The van der Waals surface area contributed by atoms with Gasteiger partial charge in [-0.3, -0.25) is 14.4 Å². The molecule has 0 saturated heterocycles. The summed E-state index contributed by atoms with van der Waals surface area (Å²) >= 11 is 0. The van der Waals surface area contributed by atoms with Crippen LogP contribution in [0.15, 0.2) is 29.1 Å². The van der Waals surface area contributed by atoms with Crippen LogP contribution in [0, 0.1) is 0 Å². The van der Waals surface area contributed by atoms with Crippen LogP contribution in [0.5, 0.6) is 5.75 Å². The van der Waals surface area contributed by atoms with Crippen molar-refractivity contribution in [2.75, 3.05) is 0 Å². The Kier molecular flexibility index (Phi) is 6.27. The number of nitrogens with zero attached hydrogens (tertiary/aromatic N) is 2. The van der Waals surface area contributed by atoms with Crippen molar-refractivity contribution in [2.45, 2.75) is 65.6 Å². The number of cyclic esters (lactones) is 1. The molecule has 2 aromatic heterocycles. The Morgan fingerprint density at radius 1 is 1.26 bits per heavy atom. The molecule has 0 spiro atoms. The van der Waals surface area contributed by atoms with Crippen LogP contribution in [0.3, 0.4) is 0 Å². The van der Waals surface area contributed by atoms with Gasteiger partial charge in [-0.05, 0) is 48.7 Å². The van der Waals surface area contributed by atoms with E-state index in [4.69, 9.17) is 15.5 Å². The summed E-state index contributed by atoms with van der Waals surface area (Å²) in [4.78, 5) is 43.0. The zero-order chi connectivity index (χ0) is 24.7. The first-order valence-electron chi connectivity index (χ1n) is 11.7. The molecule has 2 aliphatic heterocycles. The Hall–Kier alpha value is -3.52. The Bertz CT molecular complexity index is 1370. The molecule has 4 heterocycles. The van der Waals surface area contributed by atoms with E-state index >= 15 is 0 Å². The number of carbonyl (C=O) groups excluding carboxylic acids is 2. The monoisotopic (exact) mass is 463 g/mol. The summed E-state index contributed by atoms with van der Waals surface area (Å²) in [5.74, 6) is -1.49. The molecule has 1 aromatic carbocycles. The average molecular weight is 464 g/mol. The van der Waals surface area contributed by atoms with Crippen LogP contribution in [0.25, 0.3) is 22.3 Å². The maximum absolute atomic E-state index is 13.4. The molecule has 0 saturated carbocycles. The molecule has 34 heavy (non-hydrogen) atoms. The third-order valence-electron chi connectivity index (χ3n) is 6.47. The number of esters is 1. The van der Waals surface area contributed by atoms with Crippen molar-refractivity contribution >= 4 is 22.7 Å². The molecule has 0 aliphatic carbocycles. The lowest BCUT2D eigenvalue weighted by atomic mass is 9.87. The van der Waals surface area contributed by atoms with Crippen molar-refractivity contribution in [1.29, 1.82) is 0 Å². The number of benzene rings is 1. The number of rotatable bonds is 4. The second kappa shape index (κ2) is 9.02. The fourth-order valence-electron chi connectivity index (χ4n) is 4.77. The number of pyridine rings is 2. The smallest absolute Gasteiger partial charge is 0.314 e. The van der Waals surface area contributed by atoms with E-state index in [0.29, 0.717) is 35.5 Å². The Balaban J connectivity index is 0.00000133. The summed E-state index contributed by atoms with van der Waals surface area (Å²) in [5, 5.41) is 10.8. The zero-order valence-corrected chi connectivity index (χ0v) is 19.8. The number of hydrogen-bond acceptors (Lipinski definition) is 7. The second-order valence-electron chi connectivity index (χ2n) is 8.45. The number of fused-ring (bicyclic) bond motifs is 5. The number of aromatic hydroxyl groups is 1. The summed E-state index contributed by atoms with van der Waals surface area (Å²) in [6.07, 6.45) is 0.601. The largest absolute Gasteiger partial charge is 0.508 e. The topological polar surface area (TPSA) is 125 Å². The normalized spacial score (nSPS) is 16.6. The quantitative estimate of drug-likeness (QED) is 0.445. The van der Waals surface area contributed by atoms with Gasteiger partial charge < -0.3 is 20.1 Å². The van der Waals surface area contributed by atoms with Gasteiger partial charge in [0.15, 0.2) is 0 Å². The summed E-state index contributed by atoms with van der Waals surface area (Å²) in [5.41, 5.74) is 10.4. The highest BCUT2D eigenvalue weighted by Gasteiger charge is 2.37. The molecule has 0 amide bonds. The second-order valence-corrected chi connectivity index (χ2v) is 8.45. The molecule has 178 valence electrons. The minimum Gasteiger partial charge on any atom is -0.508 e. The number of aryl methyl sites for hydroxylation is 1. The van der Waals surface area contributed by atoms with E-state index in [0.717, 1.165) is 22.0 Å². The third kappa shape index (κ3) is 3.68. The SMILES string of the molecule is CC.CCc1c2c(nc3ccc(O)cc13)-c1cc3c(c(=O)n1C2)COC(=O)[C@H]3CC(=O)C(C)N. The Morgan fingerprint density at radius 3 is 2.68 bits per heavy atom. The third-order valence-corrected chi connectivity index (χ3v) is 6.47. The van der Waals surface area contributed by atoms with Gasteiger partial charge in [0.1, 0.15) is 18.1 Å². The van der Waals surface area contributed by atoms with Gasteiger partial charge in [-0.2, -0.15) is 0 Å². The van der Waals surface area contributed by atoms with Gasteiger partial charge in [0.05, 0.1) is 41.0 Å². The lowest BCUT2D eigenvalue weighted by molar-refractivity contribution is -0.149. The molecular formula is C26H29N3O5. The van der Waals surface area contributed by atoms with E-state index in [2.05, 4.69) is 0 Å². The Morgan fingerprint density at radius 2 is 2.00 bits per heavy atom. The van der Waals surface area contributed by atoms with E-state index in [1.807, 2.05) is 20.8 Å². The minimum absolute atomic E-state index is 0.107. The molecule has 2 atom stereocenters. The van der Waals surface area contributed by atoms with Gasteiger partial charge in [0, 0.05) is 17.4 Å². The highest BCUT2D eigenvalue weighted by atomic mass is 16.5. The summed E-state index contributed by atoms with van der Waals surface area (Å²) in [6, 6.07) is 6.13. The number of aromatic nitrogens is 2. The number of phenols is 1. The molecule has 0 radical (unpaired) electrons. The number of ether oxygens (including phenoxy) is 1. The first kappa shape index (κ1) is 23.6. The Labute approximate surface area is 197 Å². The summed E-state index contributed by atoms with van der Waals surface area (Å²) < 4.78 is 6.90. The highest BCUT2D eigenvalue weighted by molar-refractivity contribution is 5.92. The van der Waals surface area contributed by atoms with Gasteiger partial charge in [-0.15, -0.1) is 0 Å². The molecule has 3 N–H and O–H groups in total. The van der Waals surface area contributed by atoms with Crippen LogP contribution >= 0.6 is 0 Å². The van der Waals surface area contributed by atoms with Gasteiger partial charge >= 0.3 is 5.97 Å². The van der Waals surface area contributed by atoms with E-state index in [-0.39, 0.29) is 30.1 Å². The van der Waals surface area contributed by atoms with Crippen molar-refractivity contribution in [1.82, 2.24) is 9.55 Å². The fraction of sp³-hybridized carbons (Fsp3) is 0.385. The van der Waals surface area contributed by atoms with Crippen molar-refractivity contribution < 1.29 is 19.4 Å². The molecule has 1 unspecified atom stereocenters. The van der Waals surface area contributed by atoms with Gasteiger partial charge in [-0.25, -0.2) is 4.98 Å². The van der Waals surface area contributed by atoms with E-state index < -0.39 is 17.9 Å². The standard InChI is InChI=1S/C24H23N3O5.C2H6/c1-3-13-15-6-12(28)4-5-19(15)26-22-17(13)9-27-20(22)7-14-16(8-21(29)11(2)25)24(31)32-10-18(14)23(27)30;1-2/h4-7,11,16,28H,3,8-10,25H2,1-2H3;1-2H3/t11?,16-;/m0./s1. The van der Waals surface area contributed by atoms with Crippen LogP contribution in [0.2, 0.25) is 0 Å². The number of ketones is 1. The van der Waals surface area contributed by atoms with Crippen molar-refractivity contribution in [3.63, 3.8) is 0 Å². The average Bonchev–Trinajstić information content (AvgIpc) is 3.19. The van der Waals surface area contributed by atoms with Crippen molar-refractivity contribution in [3.05, 3.63) is 56.9 Å². The first-order chi connectivity index (χ1) is 16.3. The molecule has 8 nitrogen and oxygen atoms in total. The predicted octanol–water partition coefficient (Wildman–Crippen LogP) is 3.17. The molecule has 0 fully saturated rings. The molecule has 3 aromatic rings. The van der Waals surface area contributed by atoms with Crippen LogP contribution < -0.4 is 11.3 Å². The molecular weight excluding hydrogens is 434 g/mol. The van der Waals surface area contributed by atoms with Gasteiger partial charge in [-0.1, -0.05) is 20.8 Å². The number of Topliss-reactive ketones (excluding diaryl/α,β-unsaturated/α-hetero) is 1. The lowest BCUT2D eigenvalue weighted by Crippen LogP contribution is -2.35. The molecule has 0 bridgehead atoms. The number of phenolic OH excluding ortho intramolecular Hbond substituents is 1. The van der Waals surface area contributed by atoms with Crippen molar-refractivity contribution in [2.24, 2.45) is 5.73 Å². The van der Waals surface area contributed by atoms with Crippen LogP contribution in [0.1, 0.15) is 62.3 Å². The van der Waals surface area contributed by atoms with Gasteiger partial charge in [0.2, 0.25) is 0 Å². The van der Waals surface area contributed by atoms with Crippen LogP contribution in [0.4, 0.5) is 0 Å².